The number of likely N-dealkylation sites (N-methyl/N-ethyl adjacent to an activating group) is 1. The molecule has 1 aromatic heterocycles. The maximum Gasteiger partial charge on any atom is 0.408 e. The number of carbonyl (C=O) groups is 4. The van der Waals surface area contributed by atoms with Crippen molar-refractivity contribution in [2.45, 2.75) is 162 Å². The van der Waals surface area contributed by atoms with Crippen LogP contribution in [-0.2, 0) is 48.1 Å². The zero-order valence-electron chi connectivity index (χ0n) is 37.5. The van der Waals surface area contributed by atoms with E-state index in [9.17, 15) is 37.7 Å². The molecule has 7 unspecified atom stereocenters. The van der Waals surface area contributed by atoms with Gasteiger partial charge in [0.05, 0.1) is 41.9 Å². The molecule has 60 heavy (non-hydrogen) atoms. The van der Waals surface area contributed by atoms with Crippen LogP contribution in [0.5, 0.6) is 0 Å². The van der Waals surface area contributed by atoms with E-state index in [2.05, 4.69) is 27.0 Å². The fourth-order valence-electron chi connectivity index (χ4n) is 8.07. The minimum absolute atomic E-state index is 0.0151. The van der Waals surface area contributed by atoms with Crippen LogP contribution in [0.15, 0.2) is 11.1 Å². The van der Waals surface area contributed by atoms with E-state index in [1.165, 1.54) is 20.8 Å². The van der Waals surface area contributed by atoms with E-state index in [0.29, 0.717) is 19.4 Å². The predicted octanol–water partition coefficient (Wildman–Crippen LogP) is 4.89. The molecule has 1 amide bonds. The lowest BCUT2D eigenvalue weighted by Crippen LogP contribution is -2.57. The minimum atomic E-state index is -4.45. The first-order chi connectivity index (χ1) is 27.6. The van der Waals surface area contributed by atoms with Crippen molar-refractivity contribution in [2.24, 2.45) is 29.1 Å². The largest absolute Gasteiger partial charge is 0.465 e. The van der Waals surface area contributed by atoms with Gasteiger partial charge in [0.15, 0.2) is 22.6 Å². The first-order valence-corrected chi connectivity index (χ1v) is 22.2. The highest BCUT2D eigenvalue weighted by Crippen LogP contribution is 2.39. The van der Waals surface area contributed by atoms with Crippen LogP contribution in [0.1, 0.15) is 115 Å². The Morgan fingerprint density at radius 1 is 1.13 bits per heavy atom. The average molecular weight is 873 g/mol. The summed E-state index contributed by atoms with van der Waals surface area (Å²) in [5.41, 5.74) is -4.64. The van der Waals surface area contributed by atoms with Crippen LogP contribution in [0.3, 0.4) is 0 Å². The van der Waals surface area contributed by atoms with Crippen LogP contribution in [0.25, 0.3) is 0 Å². The SMILES string of the molecule is CC(C)CC(=O)OC1CCOC(=O)C(C)C(O[C@H]2CC(C)N(C)C[C@H](C)O2)C(C)CC(C)CC(C)(OC(=O)NC(C)(C)CNS(=O)(=O)c2cn[nH]c2[N+](=O)[O-])C(=O)C1(C)C. The third kappa shape index (κ3) is 13.6. The molecule has 3 rings (SSSR count). The molecule has 2 fully saturated rings. The van der Waals surface area contributed by atoms with Gasteiger partial charge in [-0.15, -0.1) is 5.10 Å². The predicted molar refractivity (Wildman–Crippen MR) is 219 cm³/mol. The monoisotopic (exact) mass is 872 g/mol. The summed E-state index contributed by atoms with van der Waals surface area (Å²) in [6, 6.07) is 0.145. The van der Waals surface area contributed by atoms with Gasteiger partial charge >= 0.3 is 23.8 Å². The van der Waals surface area contributed by atoms with Crippen LogP contribution in [0.2, 0.25) is 0 Å². The molecule has 2 aliphatic heterocycles. The lowest BCUT2D eigenvalue weighted by atomic mass is 9.71. The highest BCUT2D eigenvalue weighted by Gasteiger charge is 2.52. The van der Waals surface area contributed by atoms with Crippen molar-refractivity contribution in [2.75, 3.05) is 26.7 Å². The number of aromatic amines is 1. The molecule has 1 aromatic rings. The molecule has 9 atom stereocenters. The molecule has 0 aliphatic carbocycles. The summed E-state index contributed by atoms with van der Waals surface area (Å²) >= 11 is 0. The number of hydrogen-bond donors (Lipinski definition) is 3. The van der Waals surface area contributed by atoms with Crippen LogP contribution in [0, 0.1) is 39.2 Å². The van der Waals surface area contributed by atoms with Gasteiger partial charge in [0.2, 0.25) is 0 Å². The van der Waals surface area contributed by atoms with E-state index in [-0.39, 0.29) is 55.8 Å². The summed E-state index contributed by atoms with van der Waals surface area (Å²) in [4.78, 5) is 67.5. The van der Waals surface area contributed by atoms with Gasteiger partial charge in [-0.2, -0.15) is 0 Å². The van der Waals surface area contributed by atoms with E-state index >= 15 is 0 Å². The number of alkyl carbamates (subject to hydrolysis) is 1. The Labute approximate surface area is 354 Å². The Hall–Kier alpha value is -3.72. The van der Waals surface area contributed by atoms with E-state index in [1.807, 2.05) is 46.8 Å². The summed E-state index contributed by atoms with van der Waals surface area (Å²) in [7, 11) is -2.42. The summed E-state index contributed by atoms with van der Waals surface area (Å²) in [5, 5.41) is 19.5. The number of nitro groups is 1. The minimum Gasteiger partial charge on any atom is -0.465 e. The Balaban J connectivity index is 1.97. The van der Waals surface area contributed by atoms with E-state index in [4.69, 9.17) is 23.7 Å². The van der Waals surface area contributed by atoms with Crippen molar-refractivity contribution in [3.05, 3.63) is 16.3 Å². The molecular weight excluding hydrogens is 805 g/mol. The fraction of sp³-hybridized carbons (Fsp3) is 0.825. The van der Waals surface area contributed by atoms with Crippen LogP contribution < -0.4 is 10.0 Å². The Bertz CT molecular complexity index is 1790. The van der Waals surface area contributed by atoms with Crippen molar-refractivity contribution in [1.82, 2.24) is 25.1 Å². The zero-order valence-corrected chi connectivity index (χ0v) is 38.3. The van der Waals surface area contributed by atoms with Crippen molar-refractivity contribution in [1.29, 1.82) is 0 Å². The number of carbonyl (C=O) groups excluding carboxylic acids is 4. The molecule has 19 nitrogen and oxygen atoms in total. The molecule has 20 heteroatoms. The Morgan fingerprint density at radius 3 is 2.40 bits per heavy atom. The quantitative estimate of drug-likeness (QED) is 0.110. The molecule has 3 heterocycles. The molecule has 2 saturated heterocycles. The highest BCUT2D eigenvalue weighted by molar-refractivity contribution is 7.89. The normalized spacial score (nSPS) is 30.4. The maximum atomic E-state index is 14.9. The Kier molecular flexibility index (Phi) is 17.2. The van der Waals surface area contributed by atoms with Gasteiger partial charge in [0.1, 0.15) is 6.10 Å². The maximum absolute atomic E-state index is 14.9. The molecule has 342 valence electrons. The van der Waals surface area contributed by atoms with Crippen molar-refractivity contribution in [3.8, 4) is 0 Å². The van der Waals surface area contributed by atoms with Gasteiger partial charge in [0, 0.05) is 38.4 Å². The third-order valence-electron chi connectivity index (χ3n) is 11.3. The number of hydrogen-bond acceptors (Lipinski definition) is 15. The number of rotatable bonds is 12. The van der Waals surface area contributed by atoms with E-state index < -0.39 is 97.0 Å². The van der Waals surface area contributed by atoms with Crippen molar-refractivity contribution in [3.63, 3.8) is 0 Å². The second kappa shape index (κ2) is 20.4. The summed E-state index contributed by atoms with van der Waals surface area (Å²) in [6.07, 6.45) is -1.68. The van der Waals surface area contributed by atoms with Gasteiger partial charge in [-0.25, -0.2) is 17.9 Å². The molecule has 0 bridgehead atoms. The van der Waals surface area contributed by atoms with Gasteiger partial charge in [-0.1, -0.05) is 32.8 Å². The van der Waals surface area contributed by atoms with Crippen molar-refractivity contribution < 1.29 is 56.2 Å². The highest BCUT2D eigenvalue weighted by atomic mass is 32.2. The van der Waals surface area contributed by atoms with Gasteiger partial charge in [0.25, 0.3) is 10.0 Å². The number of esters is 2. The van der Waals surface area contributed by atoms with Crippen molar-refractivity contribution >= 4 is 39.7 Å². The number of aromatic nitrogens is 2. The summed E-state index contributed by atoms with van der Waals surface area (Å²) in [5.74, 6) is -3.79. The lowest BCUT2D eigenvalue weighted by molar-refractivity contribution is -0.392. The molecular formula is C40H68N6O13S. The van der Waals surface area contributed by atoms with E-state index in [1.54, 1.807) is 20.8 Å². The molecule has 3 N–H and O–H groups in total. The topological polar surface area (TPSA) is 248 Å². The summed E-state index contributed by atoms with van der Waals surface area (Å²) in [6.45, 7) is 21.1. The number of sulfonamides is 1. The number of Topliss-reactive ketones (excluding diaryl/α,β-unsaturated/α-hetero) is 1. The number of nitrogens with one attached hydrogen (secondary N) is 3. The zero-order chi connectivity index (χ0) is 45.5. The van der Waals surface area contributed by atoms with Gasteiger partial charge < -0.3 is 44.0 Å². The molecule has 0 spiro atoms. The fourth-order valence-corrected chi connectivity index (χ4v) is 9.35. The smallest absolute Gasteiger partial charge is 0.408 e. The second-order valence-electron chi connectivity index (χ2n) is 18.7. The van der Waals surface area contributed by atoms with Crippen LogP contribution in [-0.4, -0.2) is 121 Å². The first kappa shape index (κ1) is 50.6. The molecule has 0 radical (unpaired) electrons. The summed E-state index contributed by atoms with van der Waals surface area (Å²) < 4.78 is 59.0. The second-order valence-corrected chi connectivity index (χ2v) is 20.4. The molecule has 0 saturated carbocycles. The number of cyclic esters (lactones) is 1. The van der Waals surface area contributed by atoms with Gasteiger partial charge in [-0.3, -0.25) is 14.4 Å². The van der Waals surface area contributed by atoms with Crippen LogP contribution in [0.4, 0.5) is 10.6 Å². The number of ether oxygens (including phenoxy) is 5. The number of H-pyrrole nitrogens is 1. The third-order valence-corrected chi connectivity index (χ3v) is 12.7. The Morgan fingerprint density at radius 2 is 1.78 bits per heavy atom. The molecule has 2 aliphatic rings. The number of amides is 1. The standard InChI is InChI=1S/C40H68N6O13S/c1-23(2)16-31(47)57-30-14-15-55-35(48)28(7)33(58-32-18-26(5)45(13)21-27(6)56-32)25(4)17-24(3)19-40(12,36(49)39(30,10)11)59-37(50)43-38(8,9)22-42-60(53,54)29-20-41-44-34(29)46(51)52/h20,23-28,30,32-33,42H,14-19,21-22H2,1-13H3,(H,41,44)(H,43,50)/t24?,25?,26?,27-,28?,30?,32-,33?,40?/m0/s1. The van der Waals surface area contributed by atoms with Crippen LogP contribution >= 0.6 is 0 Å². The lowest BCUT2D eigenvalue weighted by Gasteiger charge is -2.42. The molecule has 0 aromatic carbocycles. The first-order valence-electron chi connectivity index (χ1n) is 20.7. The number of nitrogens with zero attached hydrogens (tertiary/aromatic N) is 3. The van der Waals surface area contributed by atoms with E-state index in [0.717, 1.165) is 6.20 Å². The number of ketones is 1. The van der Waals surface area contributed by atoms with Gasteiger partial charge in [-0.05, 0) is 98.0 Å². The average Bonchev–Trinajstić information content (AvgIpc) is 3.58.